The quantitative estimate of drug-likeness (QED) is 0.760. The van der Waals surface area contributed by atoms with Gasteiger partial charge >= 0.3 is 0 Å². The lowest BCUT2D eigenvalue weighted by atomic mass is 10.1. The molecule has 5 nitrogen and oxygen atoms in total. The van der Waals surface area contributed by atoms with Crippen LogP contribution >= 0.6 is 0 Å². The van der Waals surface area contributed by atoms with E-state index in [1.165, 1.54) is 24.9 Å². The summed E-state index contributed by atoms with van der Waals surface area (Å²) in [5.41, 5.74) is 4.26. The first-order valence-corrected chi connectivity index (χ1v) is 10.5. The number of nitrogens with one attached hydrogen (secondary N) is 1. The minimum Gasteiger partial charge on any atom is -0.372 e. The lowest BCUT2D eigenvalue weighted by molar-refractivity contribution is -0.129. The highest BCUT2D eigenvalue weighted by atomic mass is 16.2. The van der Waals surface area contributed by atoms with E-state index in [2.05, 4.69) is 22.3 Å². The molecule has 0 saturated carbocycles. The molecule has 1 aliphatic rings. The van der Waals surface area contributed by atoms with Crippen LogP contribution in [0.5, 0.6) is 0 Å². The third-order valence-electron chi connectivity index (χ3n) is 5.55. The molecule has 0 unspecified atom stereocenters. The molecule has 2 amide bonds. The number of rotatable bonds is 7. The first kappa shape index (κ1) is 20.9. The minimum atomic E-state index is -0.0771. The van der Waals surface area contributed by atoms with Gasteiger partial charge in [-0.2, -0.15) is 0 Å². The van der Waals surface area contributed by atoms with Crippen LogP contribution in [-0.4, -0.2) is 36.3 Å². The van der Waals surface area contributed by atoms with Crippen molar-refractivity contribution >= 4 is 23.2 Å². The SMILES string of the molecule is CC(=O)N(CCC(=O)Nc1ccc(N2CCCCC2)cc1)Cc1ccccc1C. The Balaban J connectivity index is 1.51. The van der Waals surface area contributed by atoms with Gasteiger partial charge in [-0.3, -0.25) is 9.59 Å². The minimum absolute atomic E-state index is 0.0214. The third-order valence-corrected chi connectivity index (χ3v) is 5.55. The second-order valence-corrected chi connectivity index (χ2v) is 7.76. The van der Waals surface area contributed by atoms with Gasteiger partial charge in [0.15, 0.2) is 0 Å². The van der Waals surface area contributed by atoms with Gasteiger partial charge in [0.05, 0.1) is 0 Å². The van der Waals surface area contributed by atoms with Crippen molar-refractivity contribution in [3.05, 3.63) is 59.7 Å². The maximum atomic E-state index is 12.4. The van der Waals surface area contributed by atoms with Gasteiger partial charge < -0.3 is 15.1 Å². The summed E-state index contributed by atoms with van der Waals surface area (Å²) in [4.78, 5) is 28.5. The van der Waals surface area contributed by atoms with Gasteiger partial charge in [0.2, 0.25) is 11.8 Å². The van der Waals surface area contributed by atoms with Crippen molar-refractivity contribution in [1.29, 1.82) is 0 Å². The molecule has 3 rings (SSSR count). The zero-order chi connectivity index (χ0) is 20.6. The predicted molar refractivity (Wildman–Crippen MR) is 118 cm³/mol. The molecule has 0 aromatic heterocycles. The molecule has 2 aromatic carbocycles. The van der Waals surface area contributed by atoms with E-state index in [1.807, 2.05) is 43.3 Å². The maximum absolute atomic E-state index is 12.4. The van der Waals surface area contributed by atoms with E-state index in [1.54, 1.807) is 11.8 Å². The highest BCUT2D eigenvalue weighted by Crippen LogP contribution is 2.22. The number of hydrogen-bond acceptors (Lipinski definition) is 3. The summed E-state index contributed by atoms with van der Waals surface area (Å²) in [5.74, 6) is -0.0984. The Labute approximate surface area is 173 Å². The zero-order valence-corrected chi connectivity index (χ0v) is 17.5. The summed E-state index contributed by atoms with van der Waals surface area (Å²) in [6, 6.07) is 16.1. The lowest BCUT2D eigenvalue weighted by Crippen LogP contribution is -2.31. The lowest BCUT2D eigenvalue weighted by Gasteiger charge is -2.28. The summed E-state index contributed by atoms with van der Waals surface area (Å²) in [6.45, 7) is 6.73. The number of hydrogen-bond donors (Lipinski definition) is 1. The Hall–Kier alpha value is -2.82. The molecule has 0 spiro atoms. The molecular formula is C24H31N3O2. The second kappa shape index (κ2) is 10.1. The van der Waals surface area contributed by atoms with Crippen molar-refractivity contribution in [2.45, 2.75) is 46.1 Å². The normalized spacial score (nSPS) is 13.8. The Kier molecular flexibility index (Phi) is 7.28. The molecule has 1 aliphatic heterocycles. The van der Waals surface area contributed by atoms with E-state index in [9.17, 15) is 9.59 Å². The average Bonchev–Trinajstić information content (AvgIpc) is 2.73. The van der Waals surface area contributed by atoms with E-state index in [-0.39, 0.29) is 18.2 Å². The molecule has 154 valence electrons. The number of carbonyl (C=O) groups is 2. The number of aryl methyl sites for hydroxylation is 1. The van der Waals surface area contributed by atoms with E-state index < -0.39 is 0 Å². The van der Waals surface area contributed by atoms with Crippen LogP contribution in [0.2, 0.25) is 0 Å². The van der Waals surface area contributed by atoms with Gasteiger partial charge in [0.1, 0.15) is 0 Å². The highest BCUT2D eigenvalue weighted by Gasteiger charge is 2.14. The Morgan fingerprint density at radius 1 is 1.00 bits per heavy atom. The average molecular weight is 394 g/mol. The van der Waals surface area contributed by atoms with Crippen molar-refractivity contribution in [2.75, 3.05) is 29.9 Å². The van der Waals surface area contributed by atoms with Gasteiger partial charge in [0.25, 0.3) is 0 Å². The van der Waals surface area contributed by atoms with Crippen LogP contribution in [0.3, 0.4) is 0 Å². The fourth-order valence-corrected chi connectivity index (χ4v) is 3.71. The number of amides is 2. The molecule has 1 N–H and O–H groups in total. The number of benzene rings is 2. The van der Waals surface area contributed by atoms with E-state index in [4.69, 9.17) is 0 Å². The summed E-state index contributed by atoms with van der Waals surface area (Å²) in [7, 11) is 0. The van der Waals surface area contributed by atoms with Crippen molar-refractivity contribution in [2.24, 2.45) is 0 Å². The molecule has 0 radical (unpaired) electrons. The second-order valence-electron chi connectivity index (χ2n) is 7.76. The smallest absolute Gasteiger partial charge is 0.226 e. The topological polar surface area (TPSA) is 52.7 Å². The third kappa shape index (κ3) is 6.08. The van der Waals surface area contributed by atoms with Crippen molar-refractivity contribution in [3.8, 4) is 0 Å². The van der Waals surface area contributed by atoms with Gasteiger partial charge in [-0.15, -0.1) is 0 Å². The van der Waals surface area contributed by atoms with E-state index in [0.717, 1.165) is 29.9 Å². The molecular weight excluding hydrogens is 362 g/mol. The molecule has 29 heavy (non-hydrogen) atoms. The Bertz CT molecular complexity index is 826. The predicted octanol–water partition coefficient (Wildman–Crippen LogP) is 4.36. The summed E-state index contributed by atoms with van der Waals surface area (Å²) in [6.07, 6.45) is 4.08. The van der Waals surface area contributed by atoms with Gasteiger partial charge in [-0.05, 0) is 61.6 Å². The molecule has 0 atom stereocenters. The van der Waals surface area contributed by atoms with Gasteiger partial charge in [0, 0.05) is 50.9 Å². The van der Waals surface area contributed by atoms with Crippen LogP contribution in [0.25, 0.3) is 0 Å². The molecule has 1 heterocycles. The summed E-state index contributed by atoms with van der Waals surface area (Å²) >= 11 is 0. The molecule has 1 saturated heterocycles. The van der Waals surface area contributed by atoms with Crippen molar-refractivity contribution < 1.29 is 9.59 Å². The first-order valence-electron chi connectivity index (χ1n) is 10.5. The molecule has 0 aliphatic carbocycles. The van der Waals surface area contributed by atoms with Crippen molar-refractivity contribution in [1.82, 2.24) is 4.90 Å². The monoisotopic (exact) mass is 393 g/mol. The van der Waals surface area contributed by atoms with Crippen molar-refractivity contribution in [3.63, 3.8) is 0 Å². The highest BCUT2D eigenvalue weighted by molar-refractivity contribution is 5.91. The Morgan fingerprint density at radius 3 is 2.34 bits per heavy atom. The fraction of sp³-hybridized carbons (Fsp3) is 0.417. The van der Waals surface area contributed by atoms with Crippen LogP contribution in [0.15, 0.2) is 48.5 Å². The molecule has 1 fully saturated rings. The standard InChI is InChI=1S/C24H31N3O2/c1-19-8-4-5-9-21(19)18-27(20(2)28)17-14-24(29)25-22-10-12-23(13-11-22)26-15-6-3-7-16-26/h4-5,8-13H,3,6-7,14-18H2,1-2H3,(H,25,29). The number of piperidine rings is 1. The van der Waals surface area contributed by atoms with Crippen LogP contribution in [0.4, 0.5) is 11.4 Å². The van der Waals surface area contributed by atoms with E-state index >= 15 is 0 Å². The van der Waals surface area contributed by atoms with Crippen LogP contribution in [-0.2, 0) is 16.1 Å². The number of carbonyl (C=O) groups excluding carboxylic acids is 2. The molecule has 5 heteroatoms. The van der Waals surface area contributed by atoms with Crippen LogP contribution in [0.1, 0.15) is 43.7 Å². The number of nitrogens with zero attached hydrogens (tertiary/aromatic N) is 2. The summed E-state index contributed by atoms with van der Waals surface area (Å²) < 4.78 is 0. The van der Waals surface area contributed by atoms with Crippen LogP contribution < -0.4 is 10.2 Å². The number of anilines is 2. The van der Waals surface area contributed by atoms with E-state index in [0.29, 0.717) is 13.1 Å². The maximum Gasteiger partial charge on any atom is 0.226 e. The first-order chi connectivity index (χ1) is 14.0. The Morgan fingerprint density at radius 2 is 1.69 bits per heavy atom. The molecule has 2 aromatic rings. The largest absolute Gasteiger partial charge is 0.372 e. The van der Waals surface area contributed by atoms with Gasteiger partial charge in [-0.25, -0.2) is 0 Å². The molecule has 0 bridgehead atoms. The van der Waals surface area contributed by atoms with Crippen LogP contribution in [0, 0.1) is 6.92 Å². The fourth-order valence-electron chi connectivity index (χ4n) is 3.71. The summed E-state index contributed by atoms with van der Waals surface area (Å²) in [5, 5.41) is 2.95. The van der Waals surface area contributed by atoms with Gasteiger partial charge in [-0.1, -0.05) is 24.3 Å². The zero-order valence-electron chi connectivity index (χ0n) is 17.5.